The average Bonchev–Trinajstić information content (AvgIpc) is 2.28. The lowest BCUT2D eigenvalue weighted by Crippen LogP contribution is -2.38. The molecule has 0 amide bonds. The van der Waals surface area contributed by atoms with Crippen molar-refractivity contribution in [3.63, 3.8) is 0 Å². The number of hydrogen-bond acceptors (Lipinski definition) is 5. The minimum absolute atomic E-state index is 0.00178. The molecular formula is C10H15BrN2O2S. The van der Waals surface area contributed by atoms with Crippen molar-refractivity contribution in [2.75, 3.05) is 20.3 Å². The number of hydrogen-bond donors (Lipinski definition) is 2. The van der Waals surface area contributed by atoms with Gasteiger partial charge in [0, 0.05) is 23.8 Å². The van der Waals surface area contributed by atoms with Crippen LogP contribution in [0, 0.1) is 0 Å². The van der Waals surface area contributed by atoms with Gasteiger partial charge < -0.3 is 15.6 Å². The molecular weight excluding hydrogens is 292 g/mol. The molecule has 0 aromatic carbocycles. The van der Waals surface area contributed by atoms with E-state index >= 15 is 0 Å². The fraction of sp³-hybridized carbons (Fsp3) is 0.500. The van der Waals surface area contributed by atoms with Crippen LogP contribution in [0.2, 0.25) is 0 Å². The number of nitrogens with zero attached hydrogens (tertiary/aromatic N) is 1. The molecule has 1 rings (SSSR count). The highest BCUT2D eigenvalue weighted by Crippen LogP contribution is 2.29. The molecule has 0 bridgehead atoms. The molecule has 1 heterocycles. The van der Waals surface area contributed by atoms with E-state index in [9.17, 15) is 5.11 Å². The first-order valence-corrected chi connectivity index (χ1v) is 6.48. The molecule has 6 heteroatoms. The van der Waals surface area contributed by atoms with Crippen molar-refractivity contribution in [3.8, 4) is 0 Å². The van der Waals surface area contributed by atoms with Crippen LogP contribution < -0.4 is 5.73 Å². The zero-order valence-corrected chi connectivity index (χ0v) is 11.4. The number of ether oxygens (including phenoxy) is 1. The standard InChI is InChI=1S/C10H15BrN2O2S/c1-15-6-8(12)9(5-14)16-10-7(11)3-2-4-13-10/h2-4,8-9,14H,5-6,12H2,1H3. The highest BCUT2D eigenvalue weighted by atomic mass is 79.9. The van der Waals surface area contributed by atoms with Gasteiger partial charge >= 0.3 is 0 Å². The summed E-state index contributed by atoms with van der Waals surface area (Å²) in [5, 5.41) is 9.98. The Hall–Kier alpha value is -0.140. The molecule has 3 N–H and O–H groups in total. The van der Waals surface area contributed by atoms with Gasteiger partial charge in [0.05, 0.1) is 18.5 Å². The first kappa shape index (κ1) is 13.9. The maximum Gasteiger partial charge on any atom is 0.111 e. The van der Waals surface area contributed by atoms with Gasteiger partial charge in [0.1, 0.15) is 5.03 Å². The minimum atomic E-state index is -0.214. The van der Waals surface area contributed by atoms with Gasteiger partial charge in [-0.15, -0.1) is 0 Å². The van der Waals surface area contributed by atoms with E-state index in [0.717, 1.165) is 9.50 Å². The summed E-state index contributed by atoms with van der Waals surface area (Å²) in [5.41, 5.74) is 5.89. The van der Waals surface area contributed by atoms with Crippen LogP contribution in [0.4, 0.5) is 0 Å². The summed E-state index contributed by atoms with van der Waals surface area (Å²) in [6, 6.07) is 3.54. The first-order valence-electron chi connectivity index (χ1n) is 4.81. The Labute approximate surface area is 108 Å². The van der Waals surface area contributed by atoms with E-state index in [1.54, 1.807) is 13.3 Å². The van der Waals surface area contributed by atoms with Crippen LogP contribution in [0.1, 0.15) is 0 Å². The monoisotopic (exact) mass is 306 g/mol. The molecule has 0 saturated carbocycles. The summed E-state index contributed by atoms with van der Waals surface area (Å²) in [4.78, 5) is 4.22. The maximum absolute atomic E-state index is 9.28. The SMILES string of the molecule is COCC(N)C(CO)Sc1ncccc1Br. The molecule has 0 aliphatic heterocycles. The molecule has 0 fully saturated rings. The minimum Gasteiger partial charge on any atom is -0.395 e. The second kappa shape index (κ2) is 7.24. The number of methoxy groups -OCH3 is 1. The normalized spacial score (nSPS) is 14.8. The molecule has 0 radical (unpaired) electrons. The van der Waals surface area contributed by atoms with Gasteiger partial charge in [-0.05, 0) is 28.1 Å². The highest BCUT2D eigenvalue weighted by Gasteiger charge is 2.19. The molecule has 1 aromatic rings. The van der Waals surface area contributed by atoms with Gasteiger partial charge in [-0.2, -0.15) is 0 Å². The van der Waals surface area contributed by atoms with Crippen molar-refractivity contribution in [1.29, 1.82) is 0 Å². The Balaban J connectivity index is 2.66. The summed E-state index contributed by atoms with van der Waals surface area (Å²) in [6.45, 7) is 0.418. The number of pyridine rings is 1. The molecule has 0 spiro atoms. The Morgan fingerprint density at radius 3 is 3.00 bits per heavy atom. The fourth-order valence-electron chi connectivity index (χ4n) is 1.16. The van der Waals surface area contributed by atoms with Gasteiger partial charge in [-0.25, -0.2) is 4.98 Å². The highest BCUT2D eigenvalue weighted by molar-refractivity contribution is 9.10. The largest absolute Gasteiger partial charge is 0.395 e. The predicted molar refractivity (Wildman–Crippen MR) is 68.5 cm³/mol. The van der Waals surface area contributed by atoms with Gasteiger partial charge in [0.15, 0.2) is 0 Å². The molecule has 1 aromatic heterocycles. The molecule has 4 nitrogen and oxygen atoms in total. The molecule has 0 saturated heterocycles. The third kappa shape index (κ3) is 4.03. The topological polar surface area (TPSA) is 68.4 Å². The molecule has 0 aliphatic carbocycles. The quantitative estimate of drug-likeness (QED) is 0.775. The van der Waals surface area contributed by atoms with Crippen molar-refractivity contribution in [1.82, 2.24) is 4.98 Å². The zero-order chi connectivity index (χ0) is 12.0. The number of thioether (sulfide) groups is 1. The van der Waals surface area contributed by atoms with Gasteiger partial charge in [-0.3, -0.25) is 0 Å². The van der Waals surface area contributed by atoms with E-state index in [0.29, 0.717) is 6.61 Å². The van der Waals surface area contributed by atoms with E-state index in [-0.39, 0.29) is 17.9 Å². The lowest BCUT2D eigenvalue weighted by molar-refractivity contribution is 0.167. The molecule has 90 valence electrons. The zero-order valence-electron chi connectivity index (χ0n) is 8.97. The summed E-state index contributed by atoms with van der Waals surface area (Å²) < 4.78 is 5.88. The molecule has 0 aliphatic rings. The first-order chi connectivity index (χ1) is 7.69. The van der Waals surface area contributed by atoms with E-state index in [2.05, 4.69) is 20.9 Å². The smallest absolute Gasteiger partial charge is 0.111 e. The third-order valence-electron chi connectivity index (χ3n) is 2.00. The van der Waals surface area contributed by atoms with Crippen molar-refractivity contribution in [2.45, 2.75) is 16.3 Å². The number of nitrogens with two attached hydrogens (primary N) is 1. The van der Waals surface area contributed by atoms with E-state index < -0.39 is 0 Å². The summed E-state index contributed by atoms with van der Waals surface area (Å²) in [6.07, 6.45) is 1.71. The number of aromatic nitrogens is 1. The van der Waals surface area contributed by atoms with Crippen LogP contribution >= 0.6 is 27.7 Å². The van der Waals surface area contributed by atoms with E-state index in [1.807, 2.05) is 12.1 Å². The molecule has 2 unspecified atom stereocenters. The van der Waals surface area contributed by atoms with Gasteiger partial charge in [0.2, 0.25) is 0 Å². The summed E-state index contributed by atoms with van der Waals surface area (Å²) in [5.74, 6) is 0. The molecule has 16 heavy (non-hydrogen) atoms. The second-order valence-corrected chi connectivity index (χ2v) is 5.33. The average molecular weight is 307 g/mol. The van der Waals surface area contributed by atoms with E-state index in [1.165, 1.54) is 11.8 Å². The third-order valence-corrected chi connectivity index (χ3v) is 4.26. The van der Waals surface area contributed by atoms with Crippen molar-refractivity contribution in [2.24, 2.45) is 5.73 Å². The Morgan fingerprint density at radius 2 is 2.44 bits per heavy atom. The van der Waals surface area contributed by atoms with Crippen LogP contribution in [0.3, 0.4) is 0 Å². The lowest BCUT2D eigenvalue weighted by atomic mass is 10.2. The fourth-order valence-corrected chi connectivity index (χ4v) is 2.61. The van der Waals surface area contributed by atoms with Crippen molar-refractivity contribution >= 4 is 27.7 Å². The number of rotatable bonds is 6. The summed E-state index contributed by atoms with van der Waals surface area (Å²) >= 11 is 4.86. The van der Waals surface area contributed by atoms with Crippen LogP contribution in [-0.4, -0.2) is 41.7 Å². The summed E-state index contributed by atoms with van der Waals surface area (Å²) in [7, 11) is 1.59. The van der Waals surface area contributed by atoms with Crippen LogP contribution in [-0.2, 0) is 4.74 Å². The Bertz CT molecular complexity index is 327. The van der Waals surface area contributed by atoms with Crippen LogP contribution in [0.15, 0.2) is 27.8 Å². The van der Waals surface area contributed by atoms with E-state index in [4.69, 9.17) is 10.5 Å². The van der Waals surface area contributed by atoms with Crippen LogP contribution in [0.5, 0.6) is 0 Å². The number of aliphatic hydroxyl groups is 1. The Morgan fingerprint density at radius 1 is 1.69 bits per heavy atom. The van der Waals surface area contributed by atoms with Crippen molar-refractivity contribution in [3.05, 3.63) is 22.8 Å². The number of halogens is 1. The molecule has 2 atom stereocenters. The Kier molecular flexibility index (Phi) is 6.30. The van der Waals surface area contributed by atoms with Gasteiger partial charge in [0.25, 0.3) is 0 Å². The lowest BCUT2D eigenvalue weighted by Gasteiger charge is -2.20. The predicted octanol–water partition coefficient (Wildman–Crippen LogP) is 1.27. The second-order valence-electron chi connectivity index (χ2n) is 3.25. The number of aliphatic hydroxyl groups excluding tert-OH is 1. The van der Waals surface area contributed by atoms with Crippen molar-refractivity contribution < 1.29 is 9.84 Å². The van der Waals surface area contributed by atoms with Gasteiger partial charge in [-0.1, -0.05) is 11.8 Å². The van der Waals surface area contributed by atoms with Crippen LogP contribution in [0.25, 0.3) is 0 Å². The maximum atomic E-state index is 9.28.